The monoisotopic (exact) mass is 489 g/mol. The Labute approximate surface area is 212 Å². The highest BCUT2D eigenvalue weighted by Crippen LogP contribution is 2.34. The number of hydrogen-bond acceptors (Lipinski definition) is 5. The van der Waals surface area contributed by atoms with Crippen LogP contribution in [0.1, 0.15) is 62.4 Å². The fourth-order valence-electron chi connectivity index (χ4n) is 5.42. The molecule has 0 aliphatic carbocycles. The maximum atomic E-state index is 13.6. The Morgan fingerprint density at radius 1 is 1.11 bits per heavy atom. The maximum absolute atomic E-state index is 13.6. The number of aromatic nitrogens is 3. The van der Waals surface area contributed by atoms with Crippen molar-refractivity contribution < 1.29 is 14.3 Å². The summed E-state index contributed by atoms with van der Waals surface area (Å²) in [5.74, 6) is 0.550. The molecule has 0 spiro atoms. The minimum atomic E-state index is -0.676. The lowest BCUT2D eigenvalue weighted by molar-refractivity contribution is -0.139. The molecule has 1 aromatic carbocycles. The molecule has 2 aliphatic heterocycles. The Morgan fingerprint density at radius 2 is 1.86 bits per heavy atom. The summed E-state index contributed by atoms with van der Waals surface area (Å²) in [6.45, 7) is 10.0. The van der Waals surface area contributed by atoms with E-state index in [1.54, 1.807) is 4.90 Å². The molecule has 8 nitrogen and oxygen atoms in total. The largest absolute Gasteiger partial charge is 0.476 e. The normalized spacial score (nSPS) is 17.9. The lowest BCUT2D eigenvalue weighted by atomic mass is 9.99. The molecule has 2 amide bonds. The molecule has 0 bridgehead atoms. The molecule has 0 radical (unpaired) electrons. The van der Waals surface area contributed by atoms with Crippen LogP contribution in [0.4, 0.5) is 5.69 Å². The molecule has 8 heteroatoms. The zero-order chi connectivity index (χ0) is 25.4. The zero-order valence-electron chi connectivity index (χ0n) is 21.7. The van der Waals surface area contributed by atoms with Gasteiger partial charge in [0.05, 0.1) is 18.4 Å². The van der Waals surface area contributed by atoms with E-state index in [-0.39, 0.29) is 24.4 Å². The molecule has 2 aliphatic rings. The van der Waals surface area contributed by atoms with Gasteiger partial charge in [0.1, 0.15) is 5.75 Å². The van der Waals surface area contributed by atoms with Crippen LogP contribution in [0.3, 0.4) is 0 Å². The van der Waals surface area contributed by atoms with Crippen molar-refractivity contribution in [2.24, 2.45) is 0 Å². The smallest absolute Gasteiger partial charge is 0.265 e. The zero-order valence-corrected chi connectivity index (χ0v) is 21.7. The van der Waals surface area contributed by atoms with Crippen LogP contribution in [0.25, 0.3) is 11.0 Å². The predicted octanol–water partition coefficient (Wildman–Crippen LogP) is 4.37. The number of para-hydroxylation sites is 2. The molecule has 0 N–H and O–H groups in total. The van der Waals surface area contributed by atoms with Crippen LogP contribution in [0, 0.1) is 13.8 Å². The lowest BCUT2D eigenvalue weighted by Gasteiger charge is -2.37. The lowest BCUT2D eigenvalue weighted by Crippen LogP contribution is -2.52. The van der Waals surface area contributed by atoms with Gasteiger partial charge >= 0.3 is 0 Å². The number of benzene rings is 1. The van der Waals surface area contributed by atoms with Crippen molar-refractivity contribution in [3.8, 4) is 5.75 Å². The third-order valence-corrected chi connectivity index (χ3v) is 7.43. The Kier molecular flexibility index (Phi) is 6.69. The molecular formula is C28H35N5O3. The number of piperidine rings is 1. The van der Waals surface area contributed by atoms with Crippen LogP contribution in [-0.2, 0) is 16.0 Å². The predicted molar refractivity (Wildman–Crippen MR) is 139 cm³/mol. The first kappa shape index (κ1) is 24.3. The Hall–Kier alpha value is -3.42. The highest BCUT2D eigenvalue weighted by molar-refractivity contribution is 5.97. The summed E-state index contributed by atoms with van der Waals surface area (Å²) >= 11 is 0. The van der Waals surface area contributed by atoms with E-state index < -0.39 is 6.10 Å². The summed E-state index contributed by atoms with van der Waals surface area (Å²) in [5.41, 5.74) is 4.75. The average Bonchev–Trinajstić information content (AvgIpc) is 3.32. The van der Waals surface area contributed by atoms with E-state index in [0.717, 1.165) is 65.9 Å². The fraction of sp³-hybridized carbons (Fsp3) is 0.500. The number of pyridine rings is 1. The second kappa shape index (κ2) is 9.91. The van der Waals surface area contributed by atoms with Gasteiger partial charge in [0.25, 0.3) is 5.91 Å². The van der Waals surface area contributed by atoms with Gasteiger partial charge in [0.15, 0.2) is 11.8 Å². The highest BCUT2D eigenvalue weighted by Gasteiger charge is 2.36. The van der Waals surface area contributed by atoms with Crippen molar-refractivity contribution in [2.75, 3.05) is 24.5 Å². The van der Waals surface area contributed by atoms with E-state index in [1.165, 1.54) is 0 Å². The number of likely N-dealkylation sites (tertiary alicyclic amines) is 1. The van der Waals surface area contributed by atoms with Crippen molar-refractivity contribution in [3.63, 3.8) is 0 Å². The maximum Gasteiger partial charge on any atom is 0.265 e. The number of rotatable bonds is 5. The molecule has 190 valence electrons. The summed E-state index contributed by atoms with van der Waals surface area (Å²) in [6, 6.07) is 7.72. The van der Waals surface area contributed by atoms with Crippen molar-refractivity contribution in [1.29, 1.82) is 0 Å². The number of anilines is 1. The third kappa shape index (κ3) is 4.45. The molecule has 1 fully saturated rings. The summed E-state index contributed by atoms with van der Waals surface area (Å²) in [7, 11) is 0. The van der Waals surface area contributed by atoms with Crippen molar-refractivity contribution >= 4 is 28.5 Å². The number of aryl methyl sites for hydroxylation is 2. The van der Waals surface area contributed by atoms with E-state index in [0.29, 0.717) is 18.6 Å². The van der Waals surface area contributed by atoms with Gasteiger partial charge in [-0.15, -0.1) is 0 Å². The standard InChI is InChI=1S/C28H35N5O3/c1-18(2)33-27-22(16-29-33)19(3)21(20(4)30-27)12-13-26(34)32-17-25(28(35)31-14-8-5-9-15-31)36-24-11-7-6-10-23(24)32/h6-7,10-11,16,18,25H,5,8-9,12-15,17H2,1-4H3/t25-/m1/s1. The molecule has 2 aromatic heterocycles. The van der Waals surface area contributed by atoms with Gasteiger partial charge < -0.3 is 14.5 Å². The molecule has 3 aromatic rings. The quantitative estimate of drug-likeness (QED) is 0.532. The third-order valence-electron chi connectivity index (χ3n) is 7.43. The van der Waals surface area contributed by atoms with Crippen molar-refractivity contribution in [1.82, 2.24) is 19.7 Å². The SMILES string of the molecule is Cc1nc2c(cnn2C(C)C)c(C)c1CCC(=O)N1C[C@H](C(=O)N2CCCCC2)Oc2ccccc21. The number of fused-ring (bicyclic) bond motifs is 2. The minimum Gasteiger partial charge on any atom is -0.476 e. The molecule has 4 heterocycles. The van der Waals surface area contributed by atoms with Crippen LogP contribution >= 0.6 is 0 Å². The first-order chi connectivity index (χ1) is 17.3. The van der Waals surface area contributed by atoms with Gasteiger partial charge in [0.2, 0.25) is 5.91 Å². The molecule has 1 atom stereocenters. The van der Waals surface area contributed by atoms with E-state index in [2.05, 4.69) is 25.9 Å². The second-order valence-electron chi connectivity index (χ2n) is 10.2. The summed E-state index contributed by atoms with van der Waals surface area (Å²) in [4.78, 5) is 35.2. The number of ether oxygens (including phenoxy) is 1. The van der Waals surface area contributed by atoms with Gasteiger partial charge in [0, 0.05) is 36.6 Å². The summed E-state index contributed by atoms with van der Waals surface area (Å²) < 4.78 is 8.03. The van der Waals surface area contributed by atoms with E-state index in [9.17, 15) is 9.59 Å². The number of carbonyl (C=O) groups excluding carboxylic acids is 2. The topological polar surface area (TPSA) is 80.6 Å². The number of nitrogens with zero attached hydrogens (tertiary/aromatic N) is 5. The Bertz CT molecular complexity index is 1290. The van der Waals surface area contributed by atoms with Crippen LogP contribution in [0.2, 0.25) is 0 Å². The van der Waals surface area contributed by atoms with Gasteiger partial charge in [-0.25, -0.2) is 9.67 Å². The van der Waals surface area contributed by atoms with E-state index >= 15 is 0 Å². The van der Waals surface area contributed by atoms with Gasteiger partial charge in [-0.1, -0.05) is 12.1 Å². The summed E-state index contributed by atoms with van der Waals surface area (Å²) in [6.07, 6.45) is 5.29. The number of hydrogen-bond donors (Lipinski definition) is 0. The molecule has 1 saturated heterocycles. The van der Waals surface area contributed by atoms with E-state index in [1.807, 2.05) is 47.0 Å². The molecule has 0 saturated carbocycles. The van der Waals surface area contributed by atoms with Gasteiger partial charge in [-0.05, 0) is 76.6 Å². The second-order valence-corrected chi connectivity index (χ2v) is 10.2. The first-order valence-corrected chi connectivity index (χ1v) is 13.0. The minimum absolute atomic E-state index is 0.0148. The average molecular weight is 490 g/mol. The van der Waals surface area contributed by atoms with Crippen LogP contribution in [-0.4, -0.2) is 57.2 Å². The van der Waals surface area contributed by atoms with Crippen molar-refractivity contribution in [2.45, 2.75) is 71.9 Å². The van der Waals surface area contributed by atoms with Crippen LogP contribution < -0.4 is 9.64 Å². The van der Waals surface area contributed by atoms with Crippen molar-refractivity contribution in [3.05, 3.63) is 47.3 Å². The van der Waals surface area contributed by atoms with Gasteiger partial charge in [-0.3, -0.25) is 9.59 Å². The molecular weight excluding hydrogens is 454 g/mol. The Balaban J connectivity index is 1.36. The number of carbonyl (C=O) groups is 2. The molecule has 5 rings (SSSR count). The number of amides is 2. The Morgan fingerprint density at radius 3 is 2.61 bits per heavy atom. The van der Waals surface area contributed by atoms with Gasteiger partial charge in [-0.2, -0.15) is 5.10 Å². The first-order valence-electron chi connectivity index (χ1n) is 13.0. The molecule has 0 unspecified atom stereocenters. The molecule has 36 heavy (non-hydrogen) atoms. The highest BCUT2D eigenvalue weighted by atomic mass is 16.5. The van der Waals surface area contributed by atoms with E-state index in [4.69, 9.17) is 9.72 Å². The van der Waals surface area contributed by atoms with Crippen LogP contribution in [0.5, 0.6) is 5.75 Å². The summed E-state index contributed by atoms with van der Waals surface area (Å²) in [5, 5.41) is 5.55. The van der Waals surface area contributed by atoms with Crippen LogP contribution in [0.15, 0.2) is 30.5 Å². The fourth-order valence-corrected chi connectivity index (χ4v) is 5.42.